The number of hydrogen-bond donors (Lipinski definition) is 1. The Balaban J connectivity index is 1.74. The molecule has 1 aliphatic rings. The average molecular weight is 346 g/mol. The van der Waals surface area contributed by atoms with Crippen LogP contribution < -0.4 is 5.32 Å². The van der Waals surface area contributed by atoms with Gasteiger partial charge in [-0.2, -0.15) is 18.3 Å². The minimum absolute atomic E-state index is 0.0269. The Morgan fingerprint density at radius 1 is 1.48 bits per heavy atom. The lowest BCUT2D eigenvalue weighted by molar-refractivity contribution is -0.143. The maximum Gasteiger partial charge on any atom is 0.435 e. The van der Waals surface area contributed by atoms with Crippen LogP contribution in [0, 0.1) is 0 Å². The van der Waals surface area contributed by atoms with Gasteiger partial charge in [-0.3, -0.25) is 9.48 Å². The molecule has 1 amide bonds. The van der Waals surface area contributed by atoms with Crippen LogP contribution in [-0.2, 0) is 41.8 Å². The number of fused-ring (bicyclic) bond motifs is 1. The Bertz CT molecular complexity index is 697. The Morgan fingerprint density at radius 3 is 3.00 bits per heavy atom. The number of nitrogens with zero attached hydrogens (tertiary/aromatic N) is 3. The molecule has 23 heavy (non-hydrogen) atoms. The second kappa shape index (κ2) is 6.28. The van der Waals surface area contributed by atoms with Crippen LogP contribution in [0.25, 0.3) is 0 Å². The first-order chi connectivity index (χ1) is 10.9. The van der Waals surface area contributed by atoms with Crippen molar-refractivity contribution in [2.24, 2.45) is 0 Å². The van der Waals surface area contributed by atoms with Crippen LogP contribution in [0.4, 0.5) is 13.2 Å². The van der Waals surface area contributed by atoms with E-state index >= 15 is 0 Å². The number of ether oxygens (including phenoxy) is 1. The van der Waals surface area contributed by atoms with Crippen molar-refractivity contribution in [1.29, 1.82) is 0 Å². The van der Waals surface area contributed by atoms with E-state index in [2.05, 4.69) is 14.8 Å². The molecular weight excluding hydrogens is 333 g/mol. The molecule has 1 N–H and O–H groups in total. The smallest absolute Gasteiger partial charge is 0.376 e. The van der Waals surface area contributed by atoms with E-state index < -0.39 is 17.8 Å². The normalized spacial score (nSPS) is 14.6. The van der Waals surface area contributed by atoms with E-state index in [1.807, 2.05) is 0 Å². The lowest BCUT2D eigenvalue weighted by atomic mass is 10.1. The number of carbonyl (C=O) groups is 1. The number of carbonyl (C=O) groups excluding carboxylic acids is 1. The summed E-state index contributed by atoms with van der Waals surface area (Å²) < 4.78 is 49.2. The molecule has 1 aliphatic heterocycles. The van der Waals surface area contributed by atoms with E-state index in [0.717, 1.165) is 9.56 Å². The van der Waals surface area contributed by atoms with E-state index in [-0.39, 0.29) is 18.7 Å². The molecule has 0 saturated carbocycles. The van der Waals surface area contributed by atoms with E-state index in [0.29, 0.717) is 25.3 Å². The summed E-state index contributed by atoms with van der Waals surface area (Å²) in [4.78, 5) is 12.8. The molecule has 6 nitrogen and oxygen atoms in total. The zero-order valence-electron chi connectivity index (χ0n) is 11.9. The van der Waals surface area contributed by atoms with Crippen LogP contribution in [-0.4, -0.2) is 26.7 Å². The molecule has 0 fully saturated rings. The van der Waals surface area contributed by atoms with Gasteiger partial charge in [-0.25, -0.2) is 4.37 Å². The van der Waals surface area contributed by atoms with Gasteiger partial charge >= 0.3 is 6.18 Å². The Morgan fingerprint density at radius 2 is 2.30 bits per heavy atom. The van der Waals surface area contributed by atoms with Gasteiger partial charge in [-0.15, -0.1) is 0 Å². The van der Waals surface area contributed by atoms with Gasteiger partial charge in [0, 0.05) is 28.8 Å². The van der Waals surface area contributed by atoms with Crippen molar-refractivity contribution in [3.05, 3.63) is 34.1 Å². The van der Waals surface area contributed by atoms with E-state index in [9.17, 15) is 18.0 Å². The monoisotopic (exact) mass is 346 g/mol. The third kappa shape index (κ3) is 3.53. The van der Waals surface area contributed by atoms with Crippen molar-refractivity contribution in [3.8, 4) is 0 Å². The van der Waals surface area contributed by atoms with Gasteiger partial charge in [0.15, 0.2) is 5.69 Å². The minimum atomic E-state index is -4.56. The van der Waals surface area contributed by atoms with Gasteiger partial charge < -0.3 is 10.1 Å². The molecule has 0 bridgehead atoms. The largest absolute Gasteiger partial charge is 0.435 e. The summed E-state index contributed by atoms with van der Waals surface area (Å²) in [6.07, 6.45) is -2.64. The van der Waals surface area contributed by atoms with Gasteiger partial charge in [-0.05, 0) is 17.6 Å². The van der Waals surface area contributed by atoms with Crippen LogP contribution in [0.2, 0.25) is 0 Å². The van der Waals surface area contributed by atoms with Crippen molar-refractivity contribution in [2.45, 2.75) is 32.3 Å². The second-order valence-electron chi connectivity index (χ2n) is 4.99. The highest BCUT2D eigenvalue weighted by Gasteiger charge is 2.40. The molecule has 0 aromatic carbocycles. The lowest BCUT2D eigenvalue weighted by Gasteiger charge is -2.15. The maximum absolute atomic E-state index is 13.0. The van der Waals surface area contributed by atoms with Crippen molar-refractivity contribution in [2.75, 3.05) is 6.61 Å². The molecule has 0 atom stereocenters. The van der Waals surface area contributed by atoms with Gasteiger partial charge in [0.2, 0.25) is 5.91 Å². The predicted molar refractivity (Wildman–Crippen MR) is 74.5 cm³/mol. The van der Waals surface area contributed by atoms with Gasteiger partial charge in [0.25, 0.3) is 0 Å². The first-order valence-electron chi connectivity index (χ1n) is 6.85. The molecule has 2 aromatic heterocycles. The van der Waals surface area contributed by atoms with Crippen LogP contribution in [0.1, 0.15) is 21.8 Å². The van der Waals surface area contributed by atoms with Crippen molar-refractivity contribution in [1.82, 2.24) is 19.5 Å². The topological polar surface area (TPSA) is 69.0 Å². The number of halogens is 3. The molecular formula is C13H13F3N4O2S. The molecule has 0 unspecified atom stereocenters. The van der Waals surface area contributed by atoms with Gasteiger partial charge in [0.1, 0.15) is 6.54 Å². The summed E-state index contributed by atoms with van der Waals surface area (Å²) in [6.45, 7) is 0.227. The predicted octanol–water partition coefficient (Wildman–Crippen LogP) is 1.75. The molecule has 124 valence electrons. The number of nitrogens with one attached hydrogen (secondary N) is 1. The summed E-state index contributed by atoms with van der Waals surface area (Å²) in [5.41, 5.74) is -0.530. The molecule has 10 heteroatoms. The van der Waals surface area contributed by atoms with Gasteiger partial charge in [-0.1, -0.05) is 0 Å². The Kier molecular flexibility index (Phi) is 4.35. The second-order valence-corrected chi connectivity index (χ2v) is 5.91. The van der Waals surface area contributed by atoms with Crippen LogP contribution in [0.5, 0.6) is 0 Å². The maximum atomic E-state index is 13.0. The quantitative estimate of drug-likeness (QED) is 0.916. The van der Waals surface area contributed by atoms with E-state index in [4.69, 9.17) is 4.74 Å². The number of alkyl halides is 3. The Hall–Kier alpha value is -1.94. The number of aromatic nitrogens is 3. The first kappa shape index (κ1) is 15.9. The average Bonchev–Trinajstić information content (AvgIpc) is 3.13. The highest BCUT2D eigenvalue weighted by Crippen LogP contribution is 2.34. The first-order valence-corrected chi connectivity index (χ1v) is 7.62. The third-order valence-corrected chi connectivity index (χ3v) is 4.15. The summed E-state index contributed by atoms with van der Waals surface area (Å²) in [6, 6.07) is 1.76. The molecule has 0 aliphatic carbocycles. The van der Waals surface area contributed by atoms with E-state index in [1.165, 1.54) is 11.5 Å². The lowest BCUT2D eigenvalue weighted by Crippen LogP contribution is -2.28. The molecule has 0 spiro atoms. The number of hydrogen-bond acceptors (Lipinski definition) is 5. The van der Waals surface area contributed by atoms with Crippen LogP contribution in [0.3, 0.4) is 0 Å². The minimum Gasteiger partial charge on any atom is -0.376 e. The standard InChI is InChI=1S/C13H13F3N4O2S/c14-13(15,16)12-9-7-22-4-2-10(9)20(19-12)6-11(21)17-5-8-1-3-18-23-8/h1,3H,2,4-7H2,(H,17,21). The zero-order chi connectivity index (χ0) is 16.4. The van der Waals surface area contributed by atoms with Gasteiger partial charge in [0.05, 0.1) is 19.8 Å². The van der Waals surface area contributed by atoms with Crippen molar-refractivity contribution in [3.63, 3.8) is 0 Å². The fraction of sp³-hybridized carbons (Fsp3) is 0.462. The number of amides is 1. The summed E-state index contributed by atoms with van der Waals surface area (Å²) in [7, 11) is 0. The fourth-order valence-corrected chi connectivity index (χ4v) is 2.89. The SMILES string of the molecule is O=C(Cn1nc(C(F)(F)F)c2c1CCOC2)NCc1ccns1. The third-order valence-electron chi connectivity index (χ3n) is 3.41. The zero-order valence-corrected chi connectivity index (χ0v) is 12.7. The molecule has 3 rings (SSSR count). The number of rotatable bonds is 4. The summed E-state index contributed by atoms with van der Waals surface area (Å²) >= 11 is 1.25. The summed E-state index contributed by atoms with van der Waals surface area (Å²) in [5, 5.41) is 6.24. The molecule has 3 heterocycles. The molecule has 2 aromatic rings. The van der Waals surface area contributed by atoms with Crippen molar-refractivity contribution < 1.29 is 22.7 Å². The molecule has 0 saturated heterocycles. The van der Waals surface area contributed by atoms with E-state index in [1.54, 1.807) is 12.3 Å². The fourth-order valence-electron chi connectivity index (χ4n) is 2.38. The highest BCUT2D eigenvalue weighted by atomic mass is 32.1. The van der Waals surface area contributed by atoms with Crippen LogP contribution >= 0.6 is 11.5 Å². The van der Waals surface area contributed by atoms with Crippen molar-refractivity contribution >= 4 is 17.4 Å². The molecule has 0 radical (unpaired) electrons. The Labute approximate surface area is 133 Å². The van der Waals surface area contributed by atoms with Crippen LogP contribution in [0.15, 0.2) is 12.3 Å². The summed E-state index contributed by atoms with van der Waals surface area (Å²) in [5.74, 6) is -0.399. The highest BCUT2D eigenvalue weighted by molar-refractivity contribution is 7.05.